The van der Waals surface area contributed by atoms with Crippen molar-refractivity contribution in [2.45, 2.75) is 96.1 Å². The zero-order valence-corrected chi connectivity index (χ0v) is 16.5. The van der Waals surface area contributed by atoms with E-state index in [1.54, 1.807) is 6.08 Å². The Labute approximate surface area is 159 Å². The molecular formula is C20H41NO5. The molecule has 0 saturated carbocycles. The SMILES string of the molecule is CCCCCCCCCCCCC/C=C/[C@@H](O)[C@@H](N)CO.O=C(O)CO. The second kappa shape index (κ2) is 22.1. The molecule has 0 fully saturated rings. The first kappa shape index (κ1) is 27.3. The molecule has 0 bridgehead atoms. The summed E-state index contributed by atoms with van der Waals surface area (Å²) in [6, 6.07) is -0.557. The van der Waals surface area contributed by atoms with Gasteiger partial charge in [-0.25, -0.2) is 4.79 Å². The molecule has 0 radical (unpaired) electrons. The Morgan fingerprint density at radius 2 is 1.35 bits per heavy atom. The van der Waals surface area contributed by atoms with E-state index in [2.05, 4.69) is 6.92 Å². The summed E-state index contributed by atoms with van der Waals surface area (Å²) in [4.78, 5) is 9.12. The lowest BCUT2D eigenvalue weighted by Gasteiger charge is -2.11. The third-order valence-corrected chi connectivity index (χ3v) is 4.09. The summed E-state index contributed by atoms with van der Waals surface area (Å²) in [6.07, 6.45) is 18.8. The highest BCUT2D eigenvalue weighted by Gasteiger charge is 2.08. The fourth-order valence-corrected chi connectivity index (χ4v) is 2.41. The van der Waals surface area contributed by atoms with Gasteiger partial charge in [0.05, 0.1) is 18.8 Å². The molecular weight excluding hydrogens is 334 g/mol. The average molecular weight is 376 g/mol. The van der Waals surface area contributed by atoms with Gasteiger partial charge in [0.2, 0.25) is 0 Å². The summed E-state index contributed by atoms with van der Waals surface area (Å²) in [5.74, 6) is -1.19. The molecule has 6 heteroatoms. The first-order valence-corrected chi connectivity index (χ1v) is 10.0. The summed E-state index contributed by atoms with van der Waals surface area (Å²) in [6.45, 7) is 1.31. The van der Waals surface area contributed by atoms with E-state index >= 15 is 0 Å². The maximum atomic E-state index is 9.52. The summed E-state index contributed by atoms with van der Waals surface area (Å²) < 4.78 is 0. The van der Waals surface area contributed by atoms with Gasteiger partial charge in [-0.3, -0.25) is 0 Å². The first-order valence-electron chi connectivity index (χ1n) is 10.0. The van der Waals surface area contributed by atoms with Crippen molar-refractivity contribution in [2.24, 2.45) is 5.73 Å². The van der Waals surface area contributed by atoms with Gasteiger partial charge in [-0.1, -0.05) is 83.3 Å². The molecule has 156 valence electrons. The largest absolute Gasteiger partial charge is 0.480 e. The molecule has 0 aromatic heterocycles. The molecule has 6 nitrogen and oxygen atoms in total. The summed E-state index contributed by atoms with van der Waals surface area (Å²) >= 11 is 0. The van der Waals surface area contributed by atoms with E-state index in [0.29, 0.717) is 0 Å². The smallest absolute Gasteiger partial charge is 0.329 e. The van der Waals surface area contributed by atoms with Crippen molar-refractivity contribution in [1.82, 2.24) is 0 Å². The number of unbranched alkanes of at least 4 members (excludes halogenated alkanes) is 11. The number of nitrogens with two attached hydrogens (primary N) is 1. The van der Waals surface area contributed by atoms with Crippen LogP contribution in [0.15, 0.2) is 12.2 Å². The van der Waals surface area contributed by atoms with E-state index in [-0.39, 0.29) is 6.61 Å². The highest BCUT2D eigenvalue weighted by molar-refractivity contribution is 5.67. The Hall–Kier alpha value is -0.950. The molecule has 0 unspecified atom stereocenters. The normalized spacial score (nSPS) is 13.3. The second-order valence-electron chi connectivity index (χ2n) is 6.64. The van der Waals surface area contributed by atoms with E-state index in [4.69, 9.17) is 25.8 Å². The van der Waals surface area contributed by atoms with Crippen molar-refractivity contribution in [3.8, 4) is 0 Å². The van der Waals surface area contributed by atoms with Crippen molar-refractivity contribution in [3.05, 3.63) is 12.2 Å². The third-order valence-electron chi connectivity index (χ3n) is 4.09. The predicted octanol–water partition coefficient (Wildman–Crippen LogP) is 2.99. The van der Waals surface area contributed by atoms with Gasteiger partial charge in [-0.05, 0) is 12.8 Å². The maximum absolute atomic E-state index is 9.52. The number of carboxylic acids is 1. The van der Waals surface area contributed by atoms with Crippen LogP contribution in [0, 0.1) is 0 Å². The minimum Gasteiger partial charge on any atom is -0.480 e. The fourth-order valence-electron chi connectivity index (χ4n) is 2.41. The number of allylic oxidation sites excluding steroid dienone is 1. The standard InChI is InChI=1S/C18H37NO2.C2H4O3/c1-2-3-4-5-6-7-8-9-10-11-12-13-14-15-18(21)17(19)16-20;3-1-2(4)5/h14-15,17-18,20-21H,2-13,16,19H2,1H3;3H,1H2,(H,4,5)/b15-14+;/t17-,18+;/m0./s1. The molecule has 26 heavy (non-hydrogen) atoms. The molecule has 0 saturated heterocycles. The zero-order chi connectivity index (χ0) is 20.0. The van der Waals surface area contributed by atoms with Gasteiger partial charge in [0.15, 0.2) is 0 Å². The number of aliphatic hydroxyl groups is 3. The predicted molar refractivity (Wildman–Crippen MR) is 106 cm³/mol. The van der Waals surface area contributed by atoms with Crippen molar-refractivity contribution >= 4 is 5.97 Å². The van der Waals surface area contributed by atoms with Gasteiger partial charge in [0, 0.05) is 0 Å². The Balaban J connectivity index is 0. The summed E-state index contributed by atoms with van der Waals surface area (Å²) in [5, 5.41) is 33.3. The molecule has 0 aromatic rings. The molecule has 0 spiro atoms. The minimum absolute atomic E-state index is 0.177. The molecule has 0 aliphatic heterocycles. The van der Waals surface area contributed by atoms with Crippen LogP contribution in [0.4, 0.5) is 0 Å². The minimum atomic E-state index is -1.19. The van der Waals surface area contributed by atoms with Crippen LogP contribution in [0.2, 0.25) is 0 Å². The van der Waals surface area contributed by atoms with Crippen LogP contribution in [0.1, 0.15) is 84.0 Å². The van der Waals surface area contributed by atoms with Crippen molar-refractivity contribution < 1.29 is 25.2 Å². The molecule has 0 amide bonds. The van der Waals surface area contributed by atoms with Gasteiger partial charge in [0.1, 0.15) is 6.61 Å². The van der Waals surface area contributed by atoms with Crippen LogP contribution in [0.3, 0.4) is 0 Å². The van der Waals surface area contributed by atoms with Crippen LogP contribution in [0.5, 0.6) is 0 Å². The third kappa shape index (κ3) is 23.1. The topological polar surface area (TPSA) is 124 Å². The second-order valence-corrected chi connectivity index (χ2v) is 6.64. The lowest BCUT2D eigenvalue weighted by molar-refractivity contribution is -0.140. The number of aliphatic hydroxyl groups excluding tert-OH is 3. The van der Waals surface area contributed by atoms with Crippen molar-refractivity contribution in [1.29, 1.82) is 0 Å². The summed E-state index contributed by atoms with van der Waals surface area (Å²) in [5.41, 5.74) is 5.51. The Bertz CT molecular complexity index is 323. The van der Waals surface area contributed by atoms with Crippen LogP contribution >= 0.6 is 0 Å². The average Bonchev–Trinajstić information content (AvgIpc) is 2.64. The van der Waals surface area contributed by atoms with Crippen LogP contribution < -0.4 is 5.73 Å². The van der Waals surface area contributed by atoms with Crippen molar-refractivity contribution in [2.75, 3.05) is 13.2 Å². The van der Waals surface area contributed by atoms with Crippen LogP contribution in [0.25, 0.3) is 0 Å². The Morgan fingerprint density at radius 1 is 0.923 bits per heavy atom. The highest BCUT2D eigenvalue weighted by Crippen LogP contribution is 2.12. The quantitative estimate of drug-likeness (QED) is 0.209. The number of carbonyl (C=O) groups is 1. The molecule has 0 aromatic carbocycles. The zero-order valence-electron chi connectivity index (χ0n) is 16.5. The Kier molecular flexibility index (Phi) is 23.2. The molecule has 0 rings (SSSR count). The highest BCUT2D eigenvalue weighted by atomic mass is 16.4. The summed E-state index contributed by atoms with van der Waals surface area (Å²) in [7, 11) is 0. The van der Waals surface area contributed by atoms with E-state index in [9.17, 15) is 5.11 Å². The number of rotatable bonds is 16. The van der Waals surface area contributed by atoms with Crippen LogP contribution in [-0.2, 0) is 4.79 Å². The van der Waals surface area contributed by atoms with Crippen LogP contribution in [-0.4, -0.2) is 51.8 Å². The molecule has 0 aliphatic rings. The van der Waals surface area contributed by atoms with Gasteiger partial charge >= 0.3 is 5.97 Å². The van der Waals surface area contributed by atoms with E-state index in [0.717, 1.165) is 6.42 Å². The fraction of sp³-hybridized carbons (Fsp3) is 0.850. The van der Waals surface area contributed by atoms with Gasteiger partial charge in [-0.15, -0.1) is 0 Å². The van der Waals surface area contributed by atoms with Gasteiger partial charge in [-0.2, -0.15) is 0 Å². The van der Waals surface area contributed by atoms with Gasteiger partial charge < -0.3 is 26.2 Å². The number of aliphatic carboxylic acids is 1. The van der Waals surface area contributed by atoms with E-state index < -0.39 is 24.7 Å². The lowest BCUT2D eigenvalue weighted by atomic mass is 10.0. The van der Waals surface area contributed by atoms with Crippen molar-refractivity contribution in [3.63, 3.8) is 0 Å². The number of hydrogen-bond donors (Lipinski definition) is 5. The molecule has 0 aliphatic carbocycles. The van der Waals surface area contributed by atoms with E-state index in [1.165, 1.54) is 70.6 Å². The number of hydrogen-bond acceptors (Lipinski definition) is 5. The lowest BCUT2D eigenvalue weighted by Crippen LogP contribution is -2.36. The first-order chi connectivity index (χ1) is 12.5. The maximum Gasteiger partial charge on any atom is 0.329 e. The van der Waals surface area contributed by atoms with E-state index in [1.807, 2.05) is 6.08 Å². The van der Waals surface area contributed by atoms with Gasteiger partial charge in [0.25, 0.3) is 0 Å². The molecule has 0 heterocycles. The molecule has 2 atom stereocenters. The number of carboxylic acid groups (broad SMARTS) is 1. The monoisotopic (exact) mass is 375 g/mol. The Morgan fingerprint density at radius 3 is 1.73 bits per heavy atom. The molecule has 6 N–H and O–H groups in total.